The van der Waals surface area contributed by atoms with Gasteiger partial charge in [-0.1, -0.05) is 58.3 Å². The molecule has 7 heteroatoms. The van der Waals surface area contributed by atoms with Crippen LogP contribution < -0.4 is 5.32 Å². The van der Waals surface area contributed by atoms with Crippen LogP contribution in [-0.4, -0.2) is 27.7 Å². The van der Waals surface area contributed by atoms with Gasteiger partial charge in [0.25, 0.3) is 0 Å². The Kier molecular flexibility index (Phi) is 9.19. The highest BCUT2D eigenvalue weighted by Crippen LogP contribution is 2.15. The summed E-state index contributed by atoms with van der Waals surface area (Å²) >= 11 is 1.38. The number of nitrogens with zero attached hydrogens (tertiary/aromatic N) is 3. The second kappa shape index (κ2) is 10.8. The molecule has 0 atom stereocenters. The third kappa shape index (κ3) is 7.57. The lowest BCUT2D eigenvalue weighted by Gasteiger charge is -2.02. The Morgan fingerprint density at radius 2 is 1.80 bits per heavy atom. The van der Waals surface area contributed by atoms with Crippen LogP contribution >= 0.6 is 11.8 Å². The first-order valence-electron chi connectivity index (χ1n) is 7.61. The summed E-state index contributed by atoms with van der Waals surface area (Å²) < 4.78 is 0. The average Bonchev–Trinajstić information content (AvgIpc) is 2.90. The Morgan fingerprint density at radius 1 is 1.20 bits per heavy atom. The van der Waals surface area contributed by atoms with E-state index in [-0.39, 0.29) is 0 Å². The maximum absolute atomic E-state index is 10.5. The Hall–Kier alpha value is -0.980. The van der Waals surface area contributed by atoms with E-state index in [1.807, 2.05) is 0 Å². The van der Waals surface area contributed by atoms with Gasteiger partial charge in [0.05, 0.1) is 10.1 Å². The molecule has 6 nitrogen and oxygen atoms in total. The third-order valence-electron chi connectivity index (χ3n) is 3.27. The molecular weight excluding hydrogens is 276 g/mol. The molecule has 0 saturated heterocycles. The van der Waals surface area contributed by atoms with E-state index in [0.29, 0.717) is 11.0 Å². The SMILES string of the molecule is CCCCCCCCCCCNC1=NN([N+](=O)[O-])CS1. The zero-order valence-electron chi connectivity index (χ0n) is 12.3. The second-order valence-electron chi connectivity index (χ2n) is 5.04. The smallest absolute Gasteiger partial charge is 0.303 e. The minimum atomic E-state index is -0.486. The first-order chi connectivity index (χ1) is 9.74. The maximum Gasteiger partial charge on any atom is 0.303 e. The van der Waals surface area contributed by atoms with Crippen molar-refractivity contribution < 1.29 is 5.03 Å². The van der Waals surface area contributed by atoms with Crippen LogP contribution in [0.1, 0.15) is 64.7 Å². The summed E-state index contributed by atoms with van der Waals surface area (Å²) in [4.78, 5) is 10.5. The molecule has 0 amide bonds. The van der Waals surface area contributed by atoms with E-state index in [1.54, 1.807) is 0 Å². The molecule has 1 rings (SSSR count). The van der Waals surface area contributed by atoms with E-state index in [9.17, 15) is 10.1 Å². The minimum Gasteiger partial charge on any atom is -0.342 e. The summed E-state index contributed by atoms with van der Waals surface area (Å²) in [6.45, 7) is 3.10. The molecule has 0 aromatic carbocycles. The molecule has 1 N–H and O–H groups in total. The van der Waals surface area contributed by atoms with Gasteiger partial charge in [-0.2, -0.15) is 0 Å². The quantitative estimate of drug-likeness (QED) is 0.359. The van der Waals surface area contributed by atoms with Crippen LogP contribution in [0.5, 0.6) is 0 Å². The molecule has 0 unspecified atom stereocenters. The molecule has 0 saturated carbocycles. The van der Waals surface area contributed by atoms with Crippen LogP contribution in [0.15, 0.2) is 5.10 Å². The predicted octanol–water partition coefficient (Wildman–Crippen LogP) is 3.58. The van der Waals surface area contributed by atoms with E-state index in [1.165, 1.54) is 63.1 Å². The van der Waals surface area contributed by atoms with Gasteiger partial charge in [0.2, 0.25) is 0 Å². The highest BCUT2D eigenvalue weighted by Gasteiger charge is 2.25. The molecule has 1 aliphatic heterocycles. The summed E-state index contributed by atoms with van der Waals surface area (Å²) in [5.74, 6) is 0.299. The van der Waals surface area contributed by atoms with E-state index in [2.05, 4.69) is 17.3 Å². The fourth-order valence-corrected chi connectivity index (χ4v) is 2.83. The number of unbranched alkanes of at least 4 members (excludes halogenated alkanes) is 8. The number of nitro groups is 1. The van der Waals surface area contributed by atoms with Gasteiger partial charge in [-0.25, -0.2) is 0 Å². The molecule has 0 aliphatic carbocycles. The molecule has 0 spiro atoms. The zero-order chi connectivity index (χ0) is 14.6. The highest BCUT2D eigenvalue weighted by atomic mass is 32.2. The van der Waals surface area contributed by atoms with E-state index < -0.39 is 5.03 Å². The molecule has 1 aliphatic rings. The Bertz CT molecular complexity index is 313. The van der Waals surface area contributed by atoms with E-state index in [4.69, 9.17) is 0 Å². The lowest BCUT2D eigenvalue weighted by Crippen LogP contribution is -2.22. The van der Waals surface area contributed by atoms with Gasteiger partial charge in [0, 0.05) is 11.7 Å². The number of hydrogen-bond acceptors (Lipinski definition) is 5. The normalized spacial score (nSPS) is 14.4. The van der Waals surface area contributed by atoms with Crippen molar-refractivity contribution in [1.82, 2.24) is 10.4 Å². The third-order valence-corrected chi connectivity index (χ3v) is 4.13. The molecule has 0 aromatic heterocycles. The maximum atomic E-state index is 10.5. The first-order valence-corrected chi connectivity index (χ1v) is 8.59. The fourth-order valence-electron chi connectivity index (χ4n) is 2.08. The van der Waals surface area contributed by atoms with Gasteiger partial charge >= 0.3 is 5.17 Å². The molecule has 0 bridgehead atoms. The fraction of sp³-hybridized carbons (Fsp3) is 0.923. The largest absolute Gasteiger partial charge is 0.342 e. The summed E-state index contributed by atoms with van der Waals surface area (Å²) in [5, 5.41) is 18.5. The first kappa shape index (κ1) is 17.1. The second-order valence-corrected chi connectivity index (χ2v) is 5.98. The molecule has 0 aromatic rings. The molecule has 116 valence electrons. The number of hydrazone groups is 1. The summed E-state index contributed by atoms with van der Waals surface area (Å²) in [5.41, 5.74) is 0. The van der Waals surface area contributed by atoms with E-state index in [0.717, 1.165) is 18.1 Å². The van der Waals surface area contributed by atoms with Crippen LogP contribution in [0, 0.1) is 10.1 Å². The molecule has 1 heterocycles. The van der Waals surface area contributed by atoms with Crippen molar-refractivity contribution in [2.75, 3.05) is 12.4 Å². The van der Waals surface area contributed by atoms with Crippen LogP contribution in [-0.2, 0) is 0 Å². The minimum absolute atomic E-state index is 0.299. The number of amidine groups is 1. The van der Waals surface area contributed by atoms with Crippen LogP contribution in [0.25, 0.3) is 0 Å². The van der Waals surface area contributed by atoms with Crippen molar-refractivity contribution in [3.05, 3.63) is 10.1 Å². The van der Waals surface area contributed by atoms with Crippen molar-refractivity contribution in [3.63, 3.8) is 0 Å². The van der Waals surface area contributed by atoms with Gasteiger partial charge < -0.3 is 15.4 Å². The summed E-state index contributed by atoms with van der Waals surface area (Å²) in [7, 11) is 0. The lowest BCUT2D eigenvalue weighted by molar-refractivity contribution is -0.651. The van der Waals surface area contributed by atoms with Gasteiger partial charge in [0.1, 0.15) is 0 Å². The zero-order valence-corrected chi connectivity index (χ0v) is 13.2. The summed E-state index contributed by atoms with van der Waals surface area (Å²) in [6.07, 6.45) is 11.7. The molecular formula is C13H26N4O2S. The lowest BCUT2D eigenvalue weighted by atomic mass is 10.1. The average molecular weight is 302 g/mol. The van der Waals surface area contributed by atoms with Crippen LogP contribution in [0.3, 0.4) is 0 Å². The monoisotopic (exact) mass is 302 g/mol. The highest BCUT2D eigenvalue weighted by molar-refractivity contribution is 8.14. The predicted molar refractivity (Wildman–Crippen MR) is 84.0 cm³/mol. The number of thioether (sulfide) groups is 1. The standard InChI is InChI=1S/C13H26N4O2S/c1-2-3-4-5-6-7-8-9-10-11-14-13-15-16(12-20-13)17(18)19/h2-12H2,1H3,(H,14,15). The number of rotatable bonds is 11. The molecule has 0 radical (unpaired) electrons. The van der Waals surface area contributed by atoms with Gasteiger partial charge in [-0.15, -0.1) is 0 Å². The number of hydrazine groups is 1. The van der Waals surface area contributed by atoms with Gasteiger partial charge in [-0.05, 0) is 18.2 Å². The number of hydrogen-bond donors (Lipinski definition) is 1. The van der Waals surface area contributed by atoms with Crippen LogP contribution in [0.4, 0.5) is 0 Å². The Balaban J connectivity index is 1.88. The van der Waals surface area contributed by atoms with Crippen molar-refractivity contribution in [1.29, 1.82) is 0 Å². The number of nitrogens with one attached hydrogen (secondary N) is 1. The van der Waals surface area contributed by atoms with Gasteiger partial charge in [-0.3, -0.25) is 0 Å². The summed E-state index contributed by atoms with van der Waals surface area (Å²) in [6, 6.07) is 0. The van der Waals surface area contributed by atoms with Crippen molar-refractivity contribution in [2.45, 2.75) is 64.7 Å². The van der Waals surface area contributed by atoms with Crippen molar-refractivity contribution in [2.24, 2.45) is 5.10 Å². The topological polar surface area (TPSA) is 70.8 Å². The Morgan fingerprint density at radius 3 is 2.35 bits per heavy atom. The van der Waals surface area contributed by atoms with E-state index >= 15 is 0 Å². The Labute approximate surface area is 125 Å². The van der Waals surface area contributed by atoms with Gasteiger partial charge in [0.15, 0.2) is 5.88 Å². The molecule has 20 heavy (non-hydrogen) atoms. The molecule has 0 fully saturated rings. The van der Waals surface area contributed by atoms with Crippen molar-refractivity contribution >= 4 is 16.9 Å². The van der Waals surface area contributed by atoms with Crippen LogP contribution in [0.2, 0.25) is 0 Å². The van der Waals surface area contributed by atoms with Crippen molar-refractivity contribution in [3.8, 4) is 0 Å².